The van der Waals surface area contributed by atoms with Gasteiger partial charge in [-0.05, 0) is 37.8 Å². The van der Waals surface area contributed by atoms with Gasteiger partial charge in [-0.3, -0.25) is 14.5 Å². The van der Waals surface area contributed by atoms with Crippen molar-refractivity contribution in [3.8, 4) is 5.75 Å². The van der Waals surface area contributed by atoms with Crippen molar-refractivity contribution in [3.63, 3.8) is 0 Å². The molecule has 1 heterocycles. The standard InChI is InChI=1S/C23H32N2O6/c1-2-29-23(28)18(13-12-17-8-4-3-5-9-17)24-31-22(27)16-25-19-10-6-7-11-20(19)30-15-14-21(25)26/h6-7,10-11,17-18,24H,2-5,8-9,12-16H2,1H3/t18-/m1/s1. The molecule has 1 saturated carbocycles. The molecule has 31 heavy (non-hydrogen) atoms. The zero-order valence-corrected chi connectivity index (χ0v) is 18.1. The second-order valence-corrected chi connectivity index (χ2v) is 8.02. The van der Waals surface area contributed by atoms with Crippen LogP contribution >= 0.6 is 0 Å². The number of hydrogen-bond acceptors (Lipinski definition) is 7. The van der Waals surface area contributed by atoms with Crippen molar-refractivity contribution in [3.05, 3.63) is 24.3 Å². The molecule has 170 valence electrons. The van der Waals surface area contributed by atoms with Crippen molar-refractivity contribution < 1.29 is 28.7 Å². The van der Waals surface area contributed by atoms with Crippen LogP contribution in [0.15, 0.2) is 24.3 Å². The number of carbonyl (C=O) groups excluding carboxylic acids is 3. The van der Waals surface area contributed by atoms with Gasteiger partial charge < -0.3 is 14.3 Å². The number of carbonyl (C=O) groups is 3. The van der Waals surface area contributed by atoms with Crippen molar-refractivity contribution in [1.29, 1.82) is 0 Å². The summed E-state index contributed by atoms with van der Waals surface area (Å²) in [5.41, 5.74) is 3.12. The van der Waals surface area contributed by atoms with Crippen LogP contribution in [0, 0.1) is 5.92 Å². The molecule has 1 fully saturated rings. The molecule has 1 amide bonds. The average molecular weight is 433 g/mol. The molecule has 8 heteroatoms. The summed E-state index contributed by atoms with van der Waals surface area (Å²) in [6, 6.07) is 6.35. The maximum Gasteiger partial charge on any atom is 0.344 e. The second-order valence-electron chi connectivity index (χ2n) is 8.02. The number of rotatable bonds is 9. The van der Waals surface area contributed by atoms with Gasteiger partial charge in [0.2, 0.25) is 5.91 Å². The number of amides is 1. The first-order valence-electron chi connectivity index (χ1n) is 11.2. The Kier molecular flexibility index (Phi) is 8.70. The molecule has 1 aromatic rings. The lowest BCUT2D eigenvalue weighted by atomic mass is 9.85. The Labute approximate surface area is 183 Å². The molecule has 3 rings (SSSR count). The molecule has 2 aliphatic rings. The van der Waals surface area contributed by atoms with Gasteiger partial charge in [0.1, 0.15) is 18.3 Å². The summed E-state index contributed by atoms with van der Waals surface area (Å²) < 4.78 is 10.7. The van der Waals surface area contributed by atoms with E-state index in [0.717, 1.165) is 6.42 Å². The van der Waals surface area contributed by atoms with E-state index in [0.29, 0.717) is 23.8 Å². The van der Waals surface area contributed by atoms with Crippen molar-refractivity contribution in [2.24, 2.45) is 5.92 Å². The minimum absolute atomic E-state index is 0.169. The summed E-state index contributed by atoms with van der Waals surface area (Å²) >= 11 is 0. The van der Waals surface area contributed by atoms with Crippen LogP contribution in [0.3, 0.4) is 0 Å². The summed E-state index contributed by atoms with van der Waals surface area (Å²) in [6.07, 6.45) is 7.67. The number of hydroxylamine groups is 1. The van der Waals surface area contributed by atoms with Gasteiger partial charge in [-0.25, -0.2) is 4.79 Å². The highest BCUT2D eigenvalue weighted by Gasteiger charge is 2.28. The van der Waals surface area contributed by atoms with E-state index in [2.05, 4.69) is 5.48 Å². The molecule has 1 N–H and O–H groups in total. The minimum Gasteiger partial charge on any atom is -0.491 e. The molecule has 1 aliphatic carbocycles. The predicted octanol–water partition coefficient (Wildman–Crippen LogP) is 3.14. The maximum absolute atomic E-state index is 12.5. The molecule has 0 bridgehead atoms. The Morgan fingerprint density at radius 3 is 2.77 bits per heavy atom. The lowest BCUT2D eigenvalue weighted by Gasteiger charge is -2.24. The number of ether oxygens (including phenoxy) is 2. The van der Waals surface area contributed by atoms with Crippen LogP contribution in [-0.4, -0.2) is 43.6 Å². The minimum atomic E-state index is -0.721. The number of fused-ring (bicyclic) bond motifs is 1. The highest BCUT2D eigenvalue weighted by atomic mass is 16.7. The summed E-state index contributed by atoms with van der Waals surface area (Å²) in [5.74, 6) is -0.172. The third-order valence-electron chi connectivity index (χ3n) is 5.79. The molecule has 1 aliphatic heterocycles. The lowest BCUT2D eigenvalue weighted by Crippen LogP contribution is -2.43. The van der Waals surface area contributed by atoms with Crippen LogP contribution in [0.25, 0.3) is 0 Å². The Hall–Kier alpha value is -2.61. The normalized spacial score (nSPS) is 17.8. The van der Waals surface area contributed by atoms with Crippen LogP contribution in [0.5, 0.6) is 5.75 Å². The third kappa shape index (κ3) is 6.69. The predicted molar refractivity (Wildman–Crippen MR) is 114 cm³/mol. The van der Waals surface area contributed by atoms with Gasteiger partial charge in [-0.2, -0.15) is 0 Å². The molecule has 1 aromatic carbocycles. The molecular formula is C23H32N2O6. The lowest BCUT2D eigenvalue weighted by molar-refractivity contribution is -0.160. The van der Waals surface area contributed by atoms with Crippen LogP contribution in [0.1, 0.15) is 58.3 Å². The number of hydrogen-bond donors (Lipinski definition) is 1. The Bertz CT molecular complexity index is 762. The molecule has 8 nitrogen and oxygen atoms in total. The van der Waals surface area contributed by atoms with E-state index in [1.165, 1.54) is 37.0 Å². The smallest absolute Gasteiger partial charge is 0.344 e. The largest absolute Gasteiger partial charge is 0.491 e. The number of nitrogens with zero attached hydrogens (tertiary/aromatic N) is 1. The first kappa shape index (κ1) is 23.1. The summed E-state index contributed by atoms with van der Waals surface area (Å²) in [7, 11) is 0. The van der Waals surface area contributed by atoms with Gasteiger partial charge in [0.25, 0.3) is 0 Å². The van der Waals surface area contributed by atoms with Crippen molar-refractivity contribution >= 4 is 23.5 Å². The average Bonchev–Trinajstić information content (AvgIpc) is 2.93. The molecule has 0 unspecified atom stereocenters. The summed E-state index contributed by atoms with van der Waals surface area (Å²) in [6.45, 7) is 1.98. The molecule has 0 aromatic heterocycles. The molecule has 1 atom stereocenters. The van der Waals surface area contributed by atoms with E-state index in [1.807, 2.05) is 6.07 Å². The Morgan fingerprint density at radius 1 is 1.23 bits per heavy atom. The topological polar surface area (TPSA) is 94.2 Å². The van der Waals surface area contributed by atoms with Gasteiger partial charge in [0.15, 0.2) is 0 Å². The monoisotopic (exact) mass is 432 g/mol. The van der Waals surface area contributed by atoms with E-state index in [1.54, 1.807) is 25.1 Å². The molecular weight excluding hydrogens is 400 g/mol. The van der Waals surface area contributed by atoms with E-state index in [9.17, 15) is 14.4 Å². The first-order valence-corrected chi connectivity index (χ1v) is 11.2. The zero-order chi connectivity index (χ0) is 22.1. The fourth-order valence-corrected chi connectivity index (χ4v) is 4.14. The Balaban J connectivity index is 1.56. The van der Waals surface area contributed by atoms with E-state index >= 15 is 0 Å². The quantitative estimate of drug-likeness (QED) is 0.473. The number of benzene rings is 1. The van der Waals surface area contributed by atoms with Crippen LogP contribution in [-0.2, 0) is 24.0 Å². The van der Waals surface area contributed by atoms with E-state index < -0.39 is 18.0 Å². The fourth-order valence-electron chi connectivity index (χ4n) is 4.14. The number of anilines is 1. The van der Waals surface area contributed by atoms with Crippen LogP contribution in [0.4, 0.5) is 5.69 Å². The zero-order valence-electron chi connectivity index (χ0n) is 18.1. The van der Waals surface area contributed by atoms with E-state index in [-0.39, 0.29) is 32.1 Å². The molecule has 0 radical (unpaired) electrons. The third-order valence-corrected chi connectivity index (χ3v) is 5.79. The highest BCUT2D eigenvalue weighted by Crippen LogP contribution is 2.31. The number of nitrogens with one attached hydrogen (secondary N) is 1. The summed E-state index contributed by atoms with van der Waals surface area (Å²) in [4.78, 5) is 43.8. The Morgan fingerprint density at radius 2 is 2.00 bits per heavy atom. The van der Waals surface area contributed by atoms with Gasteiger partial charge >= 0.3 is 11.9 Å². The van der Waals surface area contributed by atoms with Crippen molar-refractivity contribution in [1.82, 2.24) is 5.48 Å². The fraction of sp³-hybridized carbons (Fsp3) is 0.609. The van der Waals surface area contributed by atoms with Gasteiger partial charge in [-0.15, -0.1) is 5.48 Å². The van der Waals surface area contributed by atoms with Crippen LogP contribution in [0.2, 0.25) is 0 Å². The van der Waals surface area contributed by atoms with Crippen molar-refractivity contribution in [2.75, 3.05) is 24.7 Å². The van der Waals surface area contributed by atoms with Gasteiger partial charge in [-0.1, -0.05) is 44.2 Å². The first-order chi connectivity index (χ1) is 15.1. The molecule has 0 spiro atoms. The second kappa shape index (κ2) is 11.7. The van der Waals surface area contributed by atoms with Gasteiger partial charge in [0.05, 0.1) is 25.3 Å². The maximum atomic E-state index is 12.5. The van der Waals surface area contributed by atoms with Gasteiger partial charge in [0, 0.05) is 0 Å². The molecule has 0 saturated heterocycles. The highest BCUT2D eigenvalue weighted by molar-refractivity contribution is 5.99. The number of para-hydroxylation sites is 2. The SMILES string of the molecule is CCOC(=O)[C@@H](CCC1CCCCC1)NOC(=O)CN1C(=O)CCOc2ccccc21. The number of esters is 1. The van der Waals surface area contributed by atoms with Crippen molar-refractivity contribution in [2.45, 2.75) is 64.3 Å². The van der Waals surface area contributed by atoms with Crippen LogP contribution < -0.4 is 15.1 Å². The summed E-state index contributed by atoms with van der Waals surface area (Å²) in [5, 5.41) is 0. The van der Waals surface area contributed by atoms with E-state index in [4.69, 9.17) is 14.3 Å².